The second-order valence-corrected chi connectivity index (χ2v) is 5.92. The fourth-order valence-electron chi connectivity index (χ4n) is 3.16. The first-order valence-electron chi connectivity index (χ1n) is 7.98. The monoisotopic (exact) mass is 348 g/mol. The van der Waals surface area contributed by atoms with Crippen molar-refractivity contribution in [1.82, 2.24) is 9.97 Å². The number of H-pyrrole nitrogens is 2. The Hall–Kier alpha value is -3.67. The van der Waals surface area contributed by atoms with Crippen molar-refractivity contribution in [3.8, 4) is 34.0 Å². The molecule has 130 valence electrons. The minimum absolute atomic E-state index is 0.140. The number of aromatic nitrogens is 2. The van der Waals surface area contributed by atoms with E-state index in [0.717, 1.165) is 16.5 Å². The Balaban J connectivity index is 2.02. The SMILES string of the molecule is COC(=O)c1cc(-c2ccccc2)cc2c(-c3cc(O)[nH]c3O)c[nH]c12. The lowest BCUT2D eigenvalue weighted by atomic mass is 9.97. The first-order chi connectivity index (χ1) is 12.6. The molecule has 0 unspecified atom stereocenters. The van der Waals surface area contributed by atoms with Crippen molar-refractivity contribution in [2.24, 2.45) is 0 Å². The molecular weight excluding hydrogens is 332 g/mol. The number of nitrogens with one attached hydrogen (secondary N) is 2. The third kappa shape index (κ3) is 2.48. The van der Waals surface area contributed by atoms with Crippen LogP contribution in [0.25, 0.3) is 33.2 Å². The average Bonchev–Trinajstić information content (AvgIpc) is 3.23. The summed E-state index contributed by atoms with van der Waals surface area (Å²) in [6.07, 6.45) is 1.69. The van der Waals surface area contributed by atoms with Gasteiger partial charge in [0, 0.05) is 28.8 Å². The van der Waals surface area contributed by atoms with Gasteiger partial charge < -0.3 is 19.9 Å². The van der Waals surface area contributed by atoms with E-state index in [9.17, 15) is 15.0 Å². The van der Waals surface area contributed by atoms with Gasteiger partial charge in [-0.1, -0.05) is 30.3 Å². The van der Waals surface area contributed by atoms with Gasteiger partial charge in [0.25, 0.3) is 0 Å². The number of ether oxygens (including phenoxy) is 1. The predicted molar refractivity (Wildman–Crippen MR) is 98.2 cm³/mol. The molecule has 0 aliphatic rings. The maximum absolute atomic E-state index is 12.3. The first kappa shape index (κ1) is 15.8. The third-order valence-electron chi connectivity index (χ3n) is 4.37. The van der Waals surface area contributed by atoms with Crippen molar-refractivity contribution in [2.75, 3.05) is 7.11 Å². The smallest absolute Gasteiger partial charge is 0.340 e. The van der Waals surface area contributed by atoms with Crippen LogP contribution in [-0.4, -0.2) is 33.3 Å². The number of aromatic hydroxyl groups is 2. The summed E-state index contributed by atoms with van der Waals surface area (Å²) in [5.74, 6) is -0.741. The van der Waals surface area contributed by atoms with Crippen LogP contribution in [0, 0.1) is 0 Å². The zero-order valence-electron chi connectivity index (χ0n) is 13.9. The molecule has 4 rings (SSSR count). The number of fused-ring (bicyclic) bond motifs is 1. The number of methoxy groups -OCH3 is 1. The van der Waals surface area contributed by atoms with Gasteiger partial charge in [-0.05, 0) is 23.3 Å². The Morgan fingerprint density at radius 2 is 1.77 bits per heavy atom. The largest absolute Gasteiger partial charge is 0.494 e. The number of hydrogen-bond donors (Lipinski definition) is 4. The summed E-state index contributed by atoms with van der Waals surface area (Å²) in [5, 5.41) is 20.4. The predicted octanol–water partition coefficient (Wildman–Crippen LogP) is 4.03. The average molecular weight is 348 g/mol. The normalized spacial score (nSPS) is 11.0. The summed E-state index contributed by atoms with van der Waals surface area (Å²) < 4.78 is 4.92. The molecule has 0 amide bonds. The van der Waals surface area contributed by atoms with Crippen LogP contribution < -0.4 is 0 Å². The van der Waals surface area contributed by atoms with Gasteiger partial charge in [-0.2, -0.15) is 0 Å². The Kier molecular flexibility index (Phi) is 3.65. The van der Waals surface area contributed by atoms with Crippen LogP contribution in [-0.2, 0) is 4.74 Å². The molecule has 0 fully saturated rings. The highest BCUT2D eigenvalue weighted by atomic mass is 16.5. The molecule has 0 saturated carbocycles. The first-order valence-corrected chi connectivity index (χ1v) is 7.98. The summed E-state index contributed by atoms with van der Waals surface area (Å²) in [6, 6.07) is 14.8. The number of esters is 1. The maximum Gasteiger partial charge on any atom is 0.340 e. The topological polar surface area (TPSA) is 98.3 Å². The minimum atomic E-state index is -0.456. The third-order valence-corrected chi connectivity index (χ3v) is 4.37. The number of aromatic amines is 2. The standard InChI is InChI=1S/C20H16N2O4/c1-26-20(25)15-8-12(11-5-3-2-4-6-11)7-13-16(10-21-18(13)15)14-9-17(23)22-19(14)24/h2-10,21-24H,1H3. The van der Waals surface area contributed by atoms with Crippen LogP contribution >= 0.6 is 0 Å². The number of benzene rings is 2. The molecule has 0 bridgehead atoms. The Labute approximate surface area is 148 Å². The molecule has 0 spiro atoms. The van der Waals surface area contributed by atoms with E-state index in [1.807, 2.05) is 36.4 Å². The molecule has 6 nitrogen and oxygen atoms in total. The highest BCUT2D eigenvalue weighted by Crippen LogP contribution is 2.39. The Morgan fingerprint density at radius 3 is 2.42 bits per heavy atom. The quantitative estimate of drug-likeness (QED) is 0.420. The van der Waals surface area contributed by atoms with Gasteiger partial charge in [-0.25, -0.2) is 4.79 Å². The second-order valence-electron chi connectivity index (χ2n) is 5.92. The van der Waals surface area contributed by atoms with E-state index in [1.54, 1.807) is 12.3 Å². The van der Waals surface area contributed by atoms with Crippen LogP contribution in [0.2, 0.25) is 0 Å². The molecule has 6 heteroatoms. The molecule has 4 N–H and O–H groups in total. The van der Waals surface area contributed by atoms with Crippen LogP contribution in [0.3, 0.4) is 0 Å². The molecule has 4 aromatic rings. The van der Waals surface area contributed by atoms with Crippen LogP contribution in [0.4, 0.5) is 0 Å². The van der Waals surface area contributed by atoms with Crippen LogP contribution in [0.5, 0.6) is 11.8 Å². The van der Waals surface area contributed by atoms with Crippen LogP contribution in [0.1, 0.15) is 10.4 Å². The lowest BCUT2D eigenvalue weighted by Crippen LogP contribution is -2.02. The molecule has 2 heterocycles. The molecule has 0 saturated heterocycles. The summed E-state index contributed by atoms with van der Waals surface area (Å²) in [5.41, 5.74) is 3.90. The van der Waals surface area contributed by atoms with Gasteiger partial charge in [-0.15, -0.1) is 0 Å². The van der Waals surface area contributed by atoms with E-state index < -0.39 is 5.97 Å². The van der Waals surface area contributed by atoms with Crippen molar-refractivity contribution < 1.29 is 19.7 Å². The number of hydrogen-bond acceptors (Lipinski definition) is 4. The van der Waals surface area contributed by atoms with E-state index in [4.69, 9.17) is 4.74 Å². The summed E-state index contributed by atoms with van der Waals surface area (Å²) in [7, 11) is 1.34. The van der Waals surface area contributed by atoms with Gasteiger partial charge in [0.2, 0.25) is 0 Å². The Morgan fingerprint density at radius 1 is 1.00 bits per heavy atom. The molecule has 2 aromatic carbocycles. The molecule has 2 aromatic heterocycles. The molecule has 0 radical (unpaired) electrons. The highest BCUT2D eigenvalue weighted by molar-refractivity contribution is 6.09. The second kappa shape index (κ2) is 6.00. The van der Waals surface area contributed by atoms with Gasteiger partial charge in [0.1, 0.15) is 0 Å². The van der Waals surface area contributed by atoms with Crippen molar-refractivity contribution in [3.05, 3.63) is 60.3 Å². The van der Waals surface area contributed by atoms with Gasteiger partial charge in [0.15, 0.2) is 11.8 Å². The van der Waals surface area contributed by atoms with E-state index >= 15 is 0 Å². The van der Waals surface area contributed by atoms with Gasteiger partial charge in [-0.3, -0.25) is 4.98 Å². The zero-order valence-corrected chi connectivity index (χ0v) is 13.9. The van der Waals surface area contributed by atoms with E-state index in [0.29, 0.717) is 22.2 Å². The lowest BCUT2D eigenvalue weighted by Gasteiger charge is -2.08. The van der Waals surface area contributed by atoms with Crippen LogP contribution in [0.15, 0.2) is 54.7 Å². The van der Waals surface area contributed by atoms with E-state index in [-0.39, 0.29) is 11.8 Å². The summed E-state index contributed by atoms with van der Waals surface area (Å²) in [4.78, 5) is 17.8. The fourth-order valence-corrected chi connectivity index (χ4v) is 3.16. The summed E-state index contributed by atoms with van der Waals surface area (Å²) >= 11 is 0. The summed E-state index contributed by atoms with van der Waals surface area (Å²) in [6.45, 7) is 0. The van der Waals surface area contributed by atoms with Crippen molar-refractivity contribution in [1.29, 1.82) is 0 Å². The van der Waals surface area contributed by atoms with Crippen molar-refractivity contribution in [3.63, 3.8) is 0 Å². The van der Waals surface area contributed by atoms with E-state index in [1.165, 1.54) is 13.2 Å². The molecule has 26 heavy (non-hydrogen) atoms. The van der Waals surface area contributed by atoms with Gasteiger partial charge in [0.05, 0.1) is 18.2 Å². The minimum Gasteiger partial charge on any atom is -0.494 e. The fraction of sp³-hybridized carbons (Fsp3) is 0.0500. The van der Waals surface area contributed by atoms with Crippen molar-refractivity contribution in [2.45, 2.75) is 0 Å². The van der Waals surface area contributed by atoms with E-state index in [2.05, 4.69) is 9.97 Å². The molecular formula is C20H16N2O4. The zero-order chi connectivity index (χ0) is 18.3. The number of carbonyl (C=O) groups is 1. The Bertz CT molecular complexity index is 1110. The molecule has 0 aliphatic heterocycles. The lowest BCUT2D eigenvalue weighted by molar-refractivity contribution is 0.0603. The van der Waals surface area contributed by atoms with Gasteiger partial charge >= 0.3 is 5.97 Å². The number of carbonyl (C=O) groups excluding carboxylic acids is 1. The highest BCUT2D eigenvalue weighted by Gasteiger charge is 2.19. The molecule has 0 atom stereocenters. The number of rotatable bonds is 3. The van der Waals surface area contributed by atoms with Crippen molar-refractivity contribution >= 4 is 16.9 Å². The maximum atomic E-state index is 12.3. The molecule has 0 aliphatic carbocycles.